The number of hydrogen-bond acceptors (Lipinski definition) is 2. The van der Waals surface area contributed by atoms with Crippen molar-refractivity contribution in [2.24, 2.45) is 0 Å². The summed E-state index contributed by atoms with van der Waals surface area (Å²) < 4.78 is 0. The Hall–Kier alpha value is -1.84. The van der Waals surface area contributed by atoms with Gasteiger partial charge in [0.25, 0.3) is 0 Å². The minimum absolute atomic E-state index is 0.0626. The first-order valence-corrected chi connectivity index (χ1v) is 5.70. The van der Waals surface area contributed by atoms with E-state index in [9.17, 15) is 9.59 Å². The Morgan fingerprint density at radius 3 is 2.59 bits per heavy atom. The minimum atomic E-state index is -0.0893. The van der Waals surface area contributed by atoms with Crippen molar-refractivity contribution in [3.63, 3.8) is 0 Å². The van der Waals surface area contributed by atoms with Gasteiger partial charge < -0.3 is 10.2 Å². The summed E-state index contributed by atoms with van der Waals surface area (Å²) in [6.45, 7) is 4.04. The smallest absolute Gasteiger partial charge is 0.229 e. The number of aryl methyl sites for hydroxylation is 1. The van der Waals surface area contributed by atoms with Crippen molar-refractivity contribution in [3.8, 4) is 0 Å². The van der Waals surface area contributed by atoms with E-state index in [1.807, 2.05) is 31.2 Å². The fourth-order valence-electron chi connectivity index (χ4n) is 2.07. The molecule has 1 fully saturated rings. The van der Waals surface area contributed by atoms with Crippen molar-refractivity contribution in [3.05, 3.63) is 29.8 Å². The molecule has 0 saturated carbocycles. The summed E-state index contributed by atoms with van der Waals surface area (Å²) in [6, 6.07) is 7.76. The summed E-state index contributed by atoms with van der Waals surface area (Å²) in [5.74, 6) is -0.0267. The van der Waals surface area contributed by atoms with E-state index in [1.54, 1.807) is 4.90 Å². The van der Waals surface area contributed by atoms with Crippen molar-refractivity contribution in [2.75, 3.05) is 11.4 Å². The number of nitrogens with zero attached hydrogens (tertiary/aromatic N) is 1. The molecule has 1 aliphatic rings. The van der Waals surface area contributed by atoms with Gasteiger partial charge in [-0.1, -0.05) is 17.7 Å². The molecule has 2 rings (SSSR count). The summed E-state index contributed by atoms with van der Waals surface area (Å²) >= 11 is 0. The van der Waals surface area contributed by atoms with Gasteiger partial charge in [0, 0.05) is 25.6 Å². The van der Waals surface area contributed by atoms with Crippen LogP contribution in [0.2, 0.25) is 0 Å². The van der Waals surface area contributed by atoms with Crippen LogP contribution in [0.25, 0.3) is 0 Å². The van der Waals surface area contributed by atoms with Gasteiger partial charge in [0.1, 0.15) is 0 Å². The Labute approximate surface area is 101 Å². The molecular formula is C13H16N2O2. The van der Waals surface area contributed by atoms with Gasteiger partial charge in [0.15, 0.2) is 0 Å². The molecule has 4 heteroatoms. The second-order valence-electron chi connectivity index (χ2n) is 4.44. The van der Waals surface area contributed by atoms with Gasteiger partial charge in [-0.3, -0.25) is 9.59 Å². The molecule has 1 N–H and O–H groups in total. The highest BCUT2D eigenvalue weighted by molar-refractivity contribution is 5.96. The molecule has 90 valence electrons. The number of carbonyl (C=O) groups is 2. The molecule has 0 bridgehead atoms. The van der Waals surface area contributed by atoms with Crippen LogP contribution in [0.15, 0.2) is 24.3 Å². The molecule has 1 aromatic carbocycles. The second kappa shape index (κ2) is 4.57. The number of rotatable bonds is 2. The van der Waals surface area contributed by atoms with Gasteiger partial charge in [-0.05, 0) is 19.1 Å². The Morgan fingerprint density at radius 2 is 2.00 bits per heavy atom. The highest BCUT2D eigenvalue weighted by Crippen LogP contribution is 2.21. The van der Waals surface area contributed by atoms with Crippen molar-refractivity contribution in [2.45, 2.75) is 26.3 Å². The number of benzene rings is 1. The van der Waals surface area contributed by atoms with Gasteiger partial charge >= 0.3 is 0 Å². The van der Waals surface area contributed by atoms with Gasteiger partial charge in [0.2, 0.25) is 11.8 Å². The van der Waals surface area contributed by atoms with E-state index in [-0.39, 0.29) is 17.9 Å². The summed E-state index contributed by atoms with van der Waals surface area (Å²) in [4.78, 5) is 24.5. The van der Waals surface area contributed by atoms with Crippen LogP contribution in [0, 0.1) is 6.92 Å². The fourth-order valence-corrected chi connectivity index (χ4v) is 2.07. The Bertz CT molecular complexity index is 439. The van der Waals surface area contributed by atoms with Crippen LogP contribution in [-0.2, 0) is 9.59 Å². The maximum Gasteiger partial charge on any atom is 0.229 e. The van der Waals surface area contributed by atoms with Crippen molar-refractivity contribution in [1.29, 1.82) is 0 Å². The summed E-state index contributed by atoms with van der Waals surface area (Å²) in [6.07, 6.45) is 0.382. The van der Waals surface area contributed by atoms with Crippen LogP contribution in [0.5, 0.6) is 0 Å². The highest BCUT2D eigenvalue weighted by atomic mass is 16.2. The van der Waals surface area contributed by atoms with Crippen molar-refractivity contribution < 1.29 is 9.59 Å². The van der Waals surface area contributed by atoms with Gasteiger partial charge in [-0.15, -0.1) is 0 Å². The fraction of sp³-hybridized carbons (Fsp3) is 0.385. The SMILES string of the molecule is CC(=O)N[C@@H]1CC(=O)N(c2ccc(C)cc2)C1. The third-order valence-corrected chi connectivity index (χ3v) is 2.88. The van der Waals surface area contributed by atoms with Crippen LogP contribution in [0.4, 0.5) is 5.69 Å². The van der Waals surface area contributed by atoms with E-state index < -0.39 is 0 Å². The monoisotopic (exact) mass is 232 g/mol. The Kier molecular flexibility index (Phi) is 3.13. The lowest BCUT2D eigenvalue weighted by Gasteiger charge is -2.17. The van der Waals surface area contributed by atoms with Gasteiger partial charge in [-0.2, -0.15) is 0 Å². The lowest BCUT2D eigenvalue weighted by molar-refractivity contribution is -0.119. The number of anilines is 1. The first kappa shape index (κ1) is 11.6. The third-order valence-electron chi connectivity index (χ3n) is 2.88. The molecular weight excluding hydrogens is 216 g/mol. The Morgan fingerprint density at radius 1 is 1.35 bits per heavy atom. The maximum absolute atomic E-state index is 11.8. The molecule has 1 saturated heterocycles. The van der Waals surface area contributed by atoms with Crippen LogP contribution < -0.4 is 10.2 Å². The van der Waals surface area contributed by atoms with Gasteiger partial charge in [-0.25, -0.2) is 0 Å². The van der Waals surface area contributed by atoms with E-state index in [0.29, 0.717) is 13.0 Å². The predicted octanol–water partition coefficient (Wildman–Crippen LogP) is 1.24. The molecule has 0 unspecified atom stereocenters. The summed E-state index contributed by atoms with van der Waals surface area (Å²) in [7, 11) is 0. The number of carbonyl (C=O) groups excluding carboxylic acids is 2. The molecule has 1 aromatic rings. The van der Waals surface area contributed by atoms with E-state index in [2.05, 4.69) is 5.32 Å². The lowest BCUT2D eigenvalue weighted by atomic mass is 10.2. The van der Waals surface area contributed by atoms with Crippen LogP contribution in [-0.4, -0.2) is 24.4 Å². The standard InChI is InChI=1S/C13H16N2O2/c1-9-3-5-12(6-4-9)15-8-11(7-13(15)17)14-10(2)16/h3-6,11H,7-8H2,1-2H3,(H,14,16)/t11-/m1/s1. The zero-order valence-electron chi connectivity index (χ0n) is 10.1. The van der Waals surface area contributed by atoms with Crippen LogP contribution in [0.3, 0.4) is 0 Å². The van der Waals surface area contributed by atoms with Crippen molar-refractivity contribution >= 4 is 17.5 Å². The normalized spacial score (nSPS) is 19.5. The van der Waals surface area contributed by atoms with E-state index >= 15 is 0 Å². The molecule has 4 nitrogen and oxygen atoms in total. The van der Waals surface area contributed by atoms with Crippen LogP contribution in [0.1, 0.15) is 18.9 Å². The molecule has 2 amide bonds. The summed E-state index contributed by atoms with van der Waals surface area (Å²) in [5, 5.41) is 2.78. The topological polar surface area (TPSA) is 49.4 Å². The first-order chi connectivity index (χ1) is 8.06. The maximum atomic E-state index is 11.8. The molecule has 1 heterocycles. The van der Waals surface area contributed by atoms with Crippen LogP contribution >= 0.6 is 0 Å². The molecule has 0 aliphatic carbocycles. The van der Waals surface area contributed by atoms with Crippen molar-refractivity contribution in [1.82, 2.24) is 5.32 Å². The number of hydrogen-bond donors (Lipinski definition) is 1. The zero-order chi connectivity index (χ0) is 12.4. The van der Waals surface area contributed by atoms with Gasteiger partial charge in [0.05, 0.1) is 6.04 Å². The number of amides is 2. The average Bonchev–Trinajstić information content (AvgIpc) is 2.59. The largest absolute Gasteiger partial charge is 0.351 e. The minimum Gasteiger partial charge on any atom is -0.351 e. The molecule has 1 atom stereocenters. The molecule has 0 spiro atoms. The van der Waals surface area contributed by atoms with E-state index in [4.69, 9.17) is 0 Å². The second-order valence-corrected chi connectivity index (χ2v) is 4.44. The van der Waals surface area contributed by atoms with E-state index in [0.717, 1.165) is 5.69 Å². The number of nitrogens with one attached hydrogen (secondary N) is 1. The molecule has 1 aliphatic heterocycles. The summed E-state index contributed by atoms with van der Waals surface area (Å²) in [5.41, 5.74) is 2.06. The quantitative estimate of drug-likeness (QED) is 0.834. The Balaban J connectivity index is 2.10. The van der Waals surface area contributed by atoms with E-state index in [1.165, 1.54) is 12.5 Å². The third kappa shape index (κ3) is 2.64. The molecule has 0 aromatic heterocycles. The first-order valence-electron chi connectivity index (χ1n) is 5.70. The molecule has 17 heavy (non-hydrogen) atoms. The predicted molar refractivity (Wildman–Crippen MR) is 65.8 cm³/mol. The highest BCUT2D eigenvalue weighted by Gasteiger charge is 2.30. The average molecular weight is 232 g/mol. The zero-order valence-corrected chi connectivity index (χ0v) is 10.1. The molecule has 0 radical (unpaired) electrons. The lowest BCUT2D eigenvalue weighted by Crippen LogP contribution is -2.35.